The van der Waals surface area contributed by atoms with Crippen LogP contribution in [0, 0.1) is 0 Å². The summed E-state index contributed by atoms with van der Waals surface area (Å²) in [7, 11) is 1.29. The Morgan fingerprint density at radius 2 is 1.81 bits per heavy atom. The van der Waals surface area contributed by atoms with E-state index in [9.17, 15) is 9.59 Å². The fraction of sp³-hybridized carbons (Fsp3) is 0.500. The summed E-state index contributed by atoms with van der Waals surface area (Å²) in [4.78, 5) is 25.3. The van der Waals surface area contributed by atoms with E-state index in [2.05, 4.69) is 10.4 Å². The van der Waals surface area contributed by atoms with Gasteiger partial charge >= 0.3 is 13.1 Å². The summed E-state index contributed by atoms with van der Waals surface area (Å²) in [6, 6.07) is 3.33. The van der Waals surface area contributed by atoms with E-state index < -0.39 is 24.4 Å². The maximum Gasteiger partial charge on any atom is 0.497 e. The second kappa shape index (κ2) is 5.80. The summed E-state index contributed by atoms with van der Waals surface area (Å²) in [6.07, 6.45) is 2.13. The molecule has 2 aliphatic heterocycles. The fourth-order valence-electron chi connectivity index (χ4n) is 3.42. The third-order valence-electron chi connectivity index (χ3n) is 5.65. The minimum atomic E-state index is -0.543. The number of carbonyl (C=O) groups excluding carboxylic acids is 2. The number of imide groups is 1. The molecule has 3 amide bonds. The van der Waals surface area contributed by atoms with E-state index in [1.165, 1.54) is 0 Å². The molecule has 0 saturated carbocycles. The van der Waals surface area contributed by atoms with Crippen molar-refractivity contribution in [1.82, 2.24) is 15.1 Å². The van der Waals surface area contributed by atoms with Gasteiger partial charge in [-0.3, -0.25) is 19.7 Å². The number of aromatic nitrogens is 2. The van der Waals surface area contributed by atoms with Gasteiger partial charge in [0.05, 0.1) is 22.4 Å². The molecule has 27 heavy (non-hydrogen) atoms. The van der Waals surface area contributed by atoms with Crippen LogP contribution in [0.25, 0.3) is 10.9 Å². The lowest BCUT2D eigenvalue weighted by Crippen LogP contribution is -2.49. The lowest BCUT2D eigenvalue weighted by molar-refractivity contribution is -0.120. The molecule has 0 bridgehead atoms. The third kappa shape index (κ3) is 2.81. The van der Waals surface area contributed by atoms with Gasteiger partial charge in [-0.15, -0.1) is 0 Å². The molecule has 0 unspecified atom stereocenters. The molecule has 9 heteroatoms. The molecule has 2 saturated heterocycles. The van der Waals surface area contributed by atoms with Crippen LogP contribution in [0.5, 0.6) is 0 Å². The van der Waals surface area contributed by atoms with Crippen LogP contribution in [-0.2, 0) is 21.2 Å². The number of anilines is 1. The number of urea groups is 1. The second-order valence-corrected chi connectivity index (χ2v) is 8.08. The first-order valence-corrected chi connectivity index (χ1v) is 9.02. The minimum absolute atomic E-state index is 0.257. The maximum atomic E-state index is 12.3. The molecule has 0 aliphatic carbocycles. The highest BCUT2D eigenvalue weighted by Crippen LogP contribution is 2.37. The van der Waals surface area contributed by atoms with E-state index in [1.807, 2.05) is 53.1 Å². The van der Waals surface area contributed by atoms with Gasteiger partial charge in [-0.1, -0.05) is 6.07 Å². The maximum absolute atomic E-state index is 12.3. The molecule has 8 nitrogen and oxygen atoms in total. The summed E-state index contributed by atoms with van der Waals surface area (Å²) in [5.74, 6) is -0.257. The first kappa shape index (κ1) is 18.0. The number of nitrogens with zero attached hydrogens (tertiary/aromatic N) is 3. The van der Waals surface area contributed by atoms with E-state index in [0.717, 1.165) is 16.4 Å². The van der Waals surface area contributed by atoms with Crippen LogP contribution in [0.4, 0.5) is 10.5 Å². The van der Waals surface area contributed by atoms with E-state index in [-0.39, 0.29) is 12.3 Å². The molecule has 0 atom stereocenters. The Morgan fingerprint density at radius 1 is 1.15 bits per heavy atom. The van der Waals surface area contributed by atoms with Gasteiger partial charge in [0, 0.05) is 37.1 Å². The van der Waals surface area contributed by atoms with Crippen LogP contribution in [0.3, 0.4) is 0 Å². The van der Waals surface area contributed by atoms with Crippen molar-refractivity contribution in [2.75, 3.05) is 11.4 Å². The molecule has 1 aromatic carbocycles. The summed E-state index contributed by atoms with van der Waals surface area (Å²) in [5, 5.41) is 7.76. The van der Waals surface area contributed by atoms with E-state index in [4.69, 9.17) is 9.31 Å². The van der Waals surface area contributed by atoms with Crippen molar-refractivity contribution in [3.63, 3.8) is 0 Å². The van der Waals surface area contributed by atoms with Crippen molar-refractivity contribution >= 4 is 41.1 Å². The normalized spacial score (nSPS) is 21.8. The minimum Gasteiger partial charge on any atom is -0.399 e. The van der Waals surface area contributed by atoms with Crippen molar-refractivity contribution in [1.29, 1.82) is 0 Å². The number of hydrogen-bond donors (Lipinski definition) is 1. The first-order valence-electron chi connectivity index (χ1n) is 9.02. The van der Waals surface area contributed by atoms with E-state index in [1.54, 1.807) is 9.58 Å². The number of rotatable bonds is 2. The van der Waals surface area contributed by atoms with Gasteiger partial charge in [-0.05, 0) is 33.8 Å². The molecule has 142 valence electrons. The van der Waals surface area contributed by atoms with Crippen molar-refractivity contribution < 1.29 is 18.9 Å². The van der Waals surface area contributed by atoms with Crippen LogP contribution in [-0.4, -0.2) is 46.6 Å². The van der Waals surface area contributed by atoms with Gasteiger partial charge in [-0.25, -0.2) is 4.79 Å². The molecule has 0 spiro atoms. The molecule has 2 aromatic rings. The molecule has 1 aromatic heterocycles. The molecule has 0 radical (unpaired) electrons. The van der Waals surface area contributed by atoms with Crippen molar-refractivity contribution in [3.05, 3.63) is 18.3 Å². The smallest absolute Gasteiger partial charge is 0.399 e. The number of hydrogen-bond acceptors (Lipinski definition) is 5. The van der Waals surface area contributed by atoms with Crippen LogP contribution in [0.15, 0.2) is 18.3 Å². The largest absolute Gasteiger partial charge is 0.497 e. The number of nitrogens with one attached hydrogen (secondary N) is 1. The molecule has 2 fully saturated rings. The predicted molar refractivity (Wildman–Crippen MR) is 102 cm³/mol. The van der Waals surface area contributed by atoms with E-state index in [0.29, 0.717) is 12.2 Å². The average Bonchev–Trinajstić information content (AvgIpc) is 3.03. The van der Waals surface area contributed by atoms with Crippen LogP contribution in [0.1, 0.15) is 34.1 Å². The lowest BCUT2D eigenvalue weighted by atomic mass is 9.77. The Morgan fingerprint density at radius 3 is 2.44 bits per heavy atom. The first-order chi connectivity index (χ1) is 12.6. The van der Waals surface area contributed by atoms with Gasteiger partial charge in [0.15, 0.2) is 0 Å². The zero-order chi connectivity index (χ0) is 19.6. The van der Waals surface area contributed by atoms with Crippen LogP contribution in [0.2, 0.25) is 0 Å². The van der Waals surface area contributed by atoms with Crippen molar-refractivity contribution in [3.8, 4) is 0 Å². The topological polar surface area (TPSA) is 85.7 Å². The molecule has 3 heterocycles. The third-order valence-corrected chi connectivity index (χ3v) is 5.65. The Bertz CT molecular complexity index is 936. The molecular formula is C18H23BN4O4. The van der Waals surface area contributed by atoms with Crippen LogP contribution >= 0.6 is 0 Å². The predicted octanol–water partition coefficient (Wildman–Crippen LogP) is 1.32. The summed E-state index contributed by atoms with van der Waals surface area (Å²) < 4.78 is 14.1. The van der Waals surface area contributed by atoms with Crippen molar-refractivity contribution in [2.45, 2.75) is 45.3 Å². The zero-order valence-corrected chi connectivity index (χ0v) is 16.2. The Labute approximate surface area is 157 Å². The summed E-state index contributed by atoms with van der Waals surface area (Å²) in [6.45, 7) is 8.36. The number of aryl methyl sites for hydroxylation is 1. The average molecular weight is 370 g/mol. The summed E-state index contributed by atoms with van der Waals surface area (Å²) >= 11 is 0. The van der Waals surface area contributed by atoms with Gasteiger partial charge in [0.1, 0.15) is 0 Å². The van der Waals surface area contributed by atoms with Gasteiger partial charge < -0.3 is 9.31 Å². The highest BCUT2D eigenvalue weighted by atomic mass is 16.7. The van der Waals surface area contributed by atoms with Crippen LogP contribution < -0.4 is 15.7 Å². The van der Waals surface area contributed by atoms with Gasteiger partial charge in [0.25, 0.3) is 0 Å². The number of amides is 3. The SMILES string of the molecule is Cn1cc2c(N3CCC(=O)NC3=O)ccc(B3OC(C)(C)C(C)(C)O3)c2n1. The van der Waals surface area contributed by atoms with Crippen molar-refractivity contribution in [2.24, 2.45) is 7.05 Å². The monoisotopic (exact) mass is 370 g/mol. The Kier molecular flexibility index (Phi) is 3.87. The highest BCUT2D eigenvalue weighted by Gasteiger charge is 2.52. The number of carbonyl (C=O) groups is 2. The van der Waals surface area contributed by atoms with Gasteiger partial charge in [-0.2, -0.15) is 5.10 Å². The van der Waals surface area contributed by atoms with E-state index >= 15 is 0 Å². The zero-order valence-electron chi connectivity index (χ0n) is 16.2. The molecule has 4 rings (SSSR count). The van der Waals surface area contributed by atoms with Gasteiger partial charge in [0.2, 0.25) is 5.91 Å². The Balaban J connectivity index is 1.78. The Hall–Kier alpha value is -2.39. The summed E-state index contributed by atoms with van der Waals surface area (Å²) in [5.41, 5.74) is 1.35. The number of fused-ring (bicyclic) bond motifs is 1. The molecule has 2 aliphatic rings. The molecular weight excluding hydrogens is 347 g/mol. The quantitative estimate of drug-likeness (QED) is 0.806. The fourth-order valence-corrected chi connectivity index (χ4v) is 3.42. The number of benzene rings is 1. The highest BCUT2D eigenvalue weighted by molar-refractivity contribution is 6.65. The second-order valence-electron chi connectivity index (χ2n) is 8.08. The molecule has 1 N–H and O–H groups in total. The standard InChI is InChI=1S/C18H23BN4O4/c1-17(2)18(3,4)27-19(26-17)12-6-7-13(11-10-22(5)21-15(11)12)23-9-8-14(24)20-16(23)25/h6-7,10H,8-9H2,1-5H3,(H,20,24,25). The lowest BCUT2D eigenvalue weighted by Gasteiger charge is -2.32.